The van der Waals surface area contributed by atoms with Gasteiger partial charge < -0.3 is 14.8 Å². The number of carbonyl (C=O) groups is 1. The van der Waals surface area contributed by atoms with Gasteiger partial charge in [0.25, 0.3) is 0 Å². The Labute approximate surface area is 139 Å². The van der Waals surface area contributed by atoms with E-state index in [-0.39, 0.29) is 18.0 Å². The van der Waals surface area contributed by atoms with Gasteiger partial charge in [-0.05, 0) is 30.9 Å². The number of nitrogens with zero attached hydrogens (tertiary/aromatic N) is 1. The van der Waals surface area contributed by atoms with E-state index in [1.54, 1.807) is 18.4 Å². The molecule has 7 heteroatoms. The van der Waals surface area contributed by atoms with Crippen LogP contribution in [0.3, 0.4) is 0 Å². The van der Waals surface area contributed by atoms with Crippen LogP contribution >= 0.6 is 11.8 Å². The van der Waals surface area contributed by atoms with Crippen LogP contribution in [-0.2, 0) is 20.8 Å². The third kappa shape index (κ3) is 6.72. The summed E-state index contributed by atoms with van der Waals surface area (Å²) in [5.74, 6) is -1.01. The molecule has 0 unspecified atom stereocenters. The molecule has 0 amide bonds. The summed E-state index contributed by atoms with van der Waals surface area (Å²) in [6.45, 7) is 3.13. The van der Waals surface area contributed by atoms with Crippen molar-refractivity contribution in [2.75, 3.05) is 26.1 Å². The lowest BCUT2D eigenvalue weighted by atomic mass is 10.2. The van der Waals surface area contributed by atoms with Crippen LogP contribution in [-0.4, -0.2) is 32.0 Å². The second-order valence-corrected chi connectivity index (χ2v) is 5.15. The molecule has 0 aliphatic carbocycles. The molecule has 0 fully saturated rings. The molecule has 0 atom stereocenters. The number of nitrogens with one attached hydrogen (secondary N) is 1. The van der Waals surface area contributed by atoms with Gasteiger partial charge in [-0.15, -0.1) is 11.8 Å². The number of hydrogen-bond acceptors (Lipinski definition) is 6. The molecule has 0 saturated carbocycles. The van der Waals surface area contributed by atoms with Crippen molar-refractivity contribution in [1.29, 1.82) is 5.26 Å². The fourth-order valence-corrected chi connectivity index (χ4v) is 2.20. The Kier molecular flexibility index (Phi) is 8.80. The number of ether oxygens (including phenoxy) is 2. The lowest BCUT2D eigenvalue weighted by Gasteiger charge is -2.11. The molecule has 0 saturated heterocycles. The van der Waals surface area contributed by atoms with Gasteiger partial charge in [-0.25, -0.2) is 9.18 Å². The maximum absolute atomic E-state index is 12.9. The minimum atomic E-state index is -0.692. The number of benzene rings is 1. The number of halogens is 1. The zero-order valence-corrected chi connectivity index (χ0v) is 13.9. The highest BCUT2D eigenvalue weighted by Crippen LogP contribution is 2.16. The first-order chi connectivity index (χ1) is 11.1. The monoisotopic (exact) mass is 338 g/mol. The van der Waals surface area contributed by atoms with Crippen molar-refractivity contribution in [2.24, 2.45) is 0 Å². The minimum Gasteiger partial charge on any atom is -0.459 e. The fraction of sp³-hybridized carbons (Fsp3) is 0.375. The van der Waals surface area contributed by atoms with Crippen molar-refractivity contribution in [3.63, 3.8) is 0 Å². The third-order valence-corrected chi connectivity index (χ3v) is 3.54. The average molecular weight is 338 g/mol. The van der Waals surface area contributed by atoms with Gasteiger partial charge in [-0.1, -0.05) is 12.1 Å². The van der Waals surface area contributed by atoms with Crippen LogP contribution in [0.1, 0.15) is 12.5 Å². The largest absolute Gasteiger partial charge is 0.459 e. The smallest absolute Gasteiger partial charge is 0.351 e. The molecule has 1 rings (SSSR count). The molecule has 0 spiro atoms. The van der Waals surface area contributed by atoms with Gasteiger partial charge in [0.15, 0.2) is 5.57 Å². The molecule has 23 heavy (non-hydrogen) atoms. The summed E-state index contributed by atoms with van der Waals surface area (Å²) >= 11 is 1.24. The SMILES string of the molecule is CCOCCOC(=O)C(C#N)=C(NCc1ccc(F)cc1)SC. The lowest BCUT2D eigenvalue weighted by Crippen LogP contribution is -2.18. The lowest BCUT2D eigenvalue weighted by molar-refractivity contribution is -0.140. The summed E-state index contributed by atoms with van der Waals surface area (Å²) in [7, 11) is 0. The first-order valence-corrected chi connectivity index (χ1v) is 8.26. The standard InChI is InChI=1S/C16H19FN2O3S/c1-3-21-8-9-22-16(20)14(10-18)15(23-2)19-11-12-4-6-13(17)7-5-12/h4-7,19H,3,8-9,11H2,1-2H3. The summed E-state index contributed by atoms with van der Waals surface area (Å²) in [6, 6.07) is 7.83. The zero-order chi connectivity index (χ0) is 17.1. The van der Waals surface area contributed by atoms with E-state index in [0.717, 1.165) is 5.56 Å². The summed E-state index contributed by atoms with van der Waals surface area (Å²) in [6.07, 6.45) is 1.75. The van der Waals surface area contributed by atoms with E-state index in [1.807, 2.05) is 13.0 Å². The van der Waals surface area contributed by atoms with E-state index in [4.69, 9.17) is 9.47 Å². The second-order valence-electron chi connectivity index (χ2n) is 4.33. The van der Waals surface area contributed by atoms with Gasteiger partial charge in [0, 0.05) is 13.2 Å². The Hall–Kier alpha value is -2.04. The van der Waals surface area contributed by atoms with Gasteiger partial charge in [0.05, 0.1) is 11.6 Å². The Bertz CT molecular complexity index is 582. The average Bonchev–Trinajstić information content (AvgIpc) is 2.56. The van der Waals surface area contributed by atoms with Crippen LogP contribution in [0.15, 0.2) is 34.9 Å². The molecule has 0 radical (unpaired) electrons. The molecular weight excluding hydrogens is 319 g/mol. The molecule has 0 aliphatic rings. The van der Waals surface area contributed by atoms with Gasteiger partial charge in [0.2, 0.25) is 0 Å². The normalized spacial score (nSPS) is 11.4. The minimum absolute atomic E-state index is 0.0869. The number of hydrogen-bond donors (Lipinski definition) is 1. The second kappa shape index (κ2) is 10.6. The van der Waals surface area contributed by atoms with Crippen LogP contribution < -0.4 is 5.32 Å². The highest BCUT2D eigenvalue weighted by Gasteiger charge is 2.16. The molecule has 5 nitrogen and oxygen atoms in total. The Balaban J connectivity index is 2.68. The number of nitriles is 1. The number of thioether (sulfide) groups is 1. The highest BCUT2D eigenvalue weighted by atomic mass is 32.2. The van der Waals surface area contributed by atoms with Gasteiger partial charge in [-0.2, -0.15) is 5.26 Å². The van der Waals surface area contributed by atoms with E-state index < -0.39 is 5.97 Å². The highest BCUT2D eigenvalue weighted by molar-refractivity contribution is 8.02. The van der Waals surface area contributed by atoms with E-state index in [9.17, 15) is 14.4 Å². The van der Waals surface area contributed by atoms with Crippen molar-refractivity contribution in [3.8, 4) is 6.07 Å². The van der Waals surface area contributed by atoms with Crippen molar-refractivity contribution in [3.05, 3.63) is 46.2 Å². The summed E-state index contributed by atoms with van der Waals surface area (Å²) in [5, 5.41) is 12.6. The van der Waals surface area contributed by atoms with Crippen molar-refractivity contribution in [1.82, 2.24) is 5.32 Å². The molecule has 0 heterocycles. The Morgan fingerprint density at radius 3 is 2.61 bits per heavy atom. The van der Waals surface area contributed by atoms with Crippen LogP contribution in [0.25, 0.3) is 0 Å². The van der Waals surface area contributed by atoms with Crippen molar-refractivity contribution in [2.45, 2.75) is 13.5 Å². The summed E-state index contributed by atoms with van der Waals surface area (Å²) in [4.78, 5) is 11.9. The van der Waals surface area contributed by atoms with Crippen LogP contribution in [0.4, 0.5) is 4.39 Å². The number of carbonyl (C=O) groups excluding carboxylic acids is 1. The van der Waals surface area contributed by atoms with Crippen molar-refractivity contribution < 1.29 is 18.7 Å². The van der Waals surface area contributed by atoms with E-state index in [0.29, 0.717) is 24.8 Å². The Morgan fingerprint density at radius 1 is 1.35 bits per heavy atom. The molecule has 0 aliphatic heterocycles. The van der Waals surface area contributed by atoms with Crippen LogP contribution in [0.5, 0.6) is 0 Å². The molecule has 0 aromatic heterocycles. The predicted octanol–water partition coefficient (Wildman–Crippen LogP) is 2.59. The first kappa shape index (κ1) is 19.0. The summed E-state index contributed by atoms with van der Waals surface area (Å²) < 4.78 is 22.9. The number of esters is 1. The van der Waals surface area contributed by atoms with Crippen molar-refractivity contribution >= 4 is 17.7 Å². The molecule has 1 aromatic carbocycles. The molecule has 124 valence electrons. The number of rotatable bonds is 9. The molecular formula is C16H19FN2O3S. The molecule has 1 N–H and O–H groups in total. The van der Waals surface area contributed by atoms with Crippen LogP contribution in [0, 0.1) is 17.1 Å². The summed E-state index contributed by atoms with van der Waals surface area (Å²) in [5.41, 5.74) is 0.746. The topological polar surface area (TPSA) is 71.3 Å². The van der Waals surface area contributed by atoms with Gasteiger partial charge in [-0.3, -0.25) is 0 Å². The fourth-order valence-electron chi connectivity index (χ4n) is 1.65. The molecule has 1 aromatic rings. The van der Waals surface area contributed by atoms with E-state index in [2.05, 4.69) is 5.32 Å². The first-order valence-electron chi connectivity index (χ1n) is 7.03. The molecule has 0 bridgehead atoms. The van der Waals surface area contributed by atoms with E-state index >= 15 is 0 Å². The Morgan fingerprint density at radius 2 is 2.04 bits per heavy atom. The third-order valence-electron chi connectivity index (χ3n) is 2.78. The maximum Gasteiger partial charge on any atom is 0.351 e. The van der Waals surface area contributed by atoms with Gasteiger partial charge in [0.1, 0.15) is 18.5 Å². The predicted molar refractivity (Wildman–Crippen MR) is 86.8 cm³/mol. The zero-order valence-electron chi connectivity index (χ0n) is 13.1. The van der Waals surface area contributed by atoms with Gasteiger partial charge >= 0.3 is 5.97 Å². The quantitative estimate of drug-likeness (QED) is 0.323. The maximum atomic E-state index is 12.9. The van der Waals surface area contributed by atoms with Crippen LogP contribution in [0.2, 0.25) is 0 Å². The van der Waals surface area contributed by atoms with E-state index in [1.165, 1.54) is 23.9 Å².